The predicted molar refractivity (Wildman–Crippen MR) is 65.6 cm³/mol. The van der Waals surface area contributed by atoms with E-state index in [2.05, 4.69) is 39.5 Å². The smallest absolute Gasteiger partial charge is 0.0103 e. The lowest BCUT2D eigenvalue weighted by molar-refractivity contribution is 0.572. The highest BCUT2D eigenvalue weighted by Crippen LogP contribution is 2.30. The minimum Gasteiger partial charge on any atom is -0.156 e. The quantitative estimate of drug-likeness (QED) is 0.506. The Labute approximate surface area is 88.9 Å². The van der Waals surface area contributed by atoms with Gasteiger partial charge in [0.1, 0.15) is 0 Å². The first-order valence-corrected chi connectivity index (χ1v) is 6.75. The lowest BCUT2D eigenvalue weighted by Crippen LogP contribution is -2.15. The van der Waals surface area contributed by atoms with Gasteiger partial charge in [-0.05, 0) is 18.6 Å². The van der Waals surface area contributed by atoms with Gasteiger partial charge in [0.25, 0.3) is 0 Å². The van der Waals surface area contributed by atoms with E-state index in [0.717, 1.165) is 0 Å². The molecule has 0 saturated heterocycles. The molecule has 0 aromatic carbocycles. The monoisotopic (exact) mass is 202 g/mol. The fraction of sp³-hybridized carbons (Fsp3) is 1.00. The van der Waals surface area contributed by atoms with Crippen molar-refractivity contribution < 1.29 is 0 Å². The van der Waals surface area contributed by atoms with E-state index in [1.54, 1.807) is 0 Å². The second kappa shape index (κ2) is 7.73. The third-order valence-corrected chi connectivity index (χ3v) is 3.85. The summed E-state index contributed by atoms with van der Waals surface area (Å²) in [6, 6.07) is 0. The summed E-state index contributed by atoms with van der Waals surface area (Å²) >= 11 is 2.15. The molecule has 0 aromatic heterocycles. The molecular formula is C12H26S. The summed E-state index contributed by atoms with van der Waals surface area (Å²) < 4.78 is 0.518. The molecule has 0 aliphatic carbocycles. The fourth-order valence-corrected chi connectivity index (χ4v) is 2.64. The highest BCUT2D eigenvalue weighted by atomic mass is 32.2. The van der Waals surface area contributed by atoms with Crippen LogP contribution in [0.1, 0.15) is 66.2 Å². The third kappa shape index (κ3) is 8.67. The van der Waals surface area contributed by atoms with E-state index in [1.807, 2.05) is 0 Å². The topological polar surface area (TPSA) is 0 Å². The van der Waals surface area contributed by atoms with Crippen LogP contribution in [0, 0.1) is 0 Å². The van der Waals surface area contributed by atoms with Crippen molar-refractivity contribution in [2.24, 2.45) is 0 Å². The zero-order valence-electron chi connectivity index (χ0n) is 9.86. The lowest BCUT2D eigenvalue weighted by Gasteiger charge is -2.23. The van der Waals surface area contributed by atoms with Gasteiger partial charge in [0, 0.05) is 4.75 Å². The van der Waals surface area contributed by atoms with Crippen LogP contribution in [0.25, 0.3) is 0 Å². The van der Waals surface area contributed by atoms with Crippen LogP contribution in [-0.2, 0) is 0 Å². The Kier molecular flexibility index (Phi) is 7.93. The molecule has 1 heteroatoms. The molecule has 0 N–H and O–H groups in total. The molecule has 0 rings (SSSR count). The maximum Gasteiger partial charge on any atom is 0.0103 e. The van der Waals surface area contributed by atoms with Gasteiger partial charge in [-0.15, -0.1) is 0 Å². The summed E-state index contributed by atoms with van der Waals surface area (Å²) in [4.78, 5) is 0. The van der Waals surface area contributed by atoms with Gasteiger partial charge in [0.2, 0.25) is 0 Å². The van der Waals surface area contributed by atoms with Crippen molar-refractivity contribution in [1.29, 1.82) is 0 Å². The van der Waals surface area contributed by atoms with Gasteiger partial charge in [0.05, 0.1) is 0 Å². The molecule has 0 aromatic rings. The molecule has 0 bridgehead atoms. The SMILES string of the molecule is CCCCCC(C)(C)SCCCC. The van der Waals surface area contributed by atoms with E-state index in [9.17, 15) is 0 Å². The zero-order valence-corrected chi connectivity index (χ0v) is 10.7. The van der Waals surface area contributed by atoms with Crippen LogP contribution < -0.4 is 0 Å². The summed E-state index contributed by atoms with van der Waals surface area (Å²) in [5.41, 5.74) is 0. The second-order valence-electron chi connectivity index (χ2n) is 4.42. The van der Waals surface area contributed by atoms with Gasteiger partial charge in [-0.2, -0.15) is 11.8 Å². The maximum atomic E-state index is 2.39. The van der Waals surface area contributed by atoms with E-state index in [4.69, 9.17) is 0 Å². The van der Waals surface area contributed by atoms with Crippen molar-refractivity contribution in [1.82, 2.24) is 0 Å². The molecule has 0 aliphatic rings. The van der Waals surface area contributed by atoms with Gasteiger partial charge < -0.3 is 0 Å². The van der Waals surface area contributed by atoms with Crippen molar-refractivity contribution in [3.63, 3.8) is 0 Å². The average molecular weight is 202 g/mol. The molecule has 0 fully saturated rings. The molecule has 0 radical (unpaired) electrons. The Morgan fingerprint density at radius 2 is 1.54 bits per heavy atom. The molecule has 0 amide bonds. The molecule has 0 aliphatic heterocycles. The first-order valence-electron chi connectivity index (χ1n) is 5.76. The standard InChI is InChI=1S/C12H26S/c1-5-7-9-10-12(3,4)13-11-8-6-2/h5-11H2,1-4H3. The third-order valence-electron chi connectivity index (χ3n) is 2.37. The Balaban J connectivity index is 3.42. The summed E-state index contributed by atoms with van der Waals surface area (Å²) in [6.45, 7) is 9.33. The number of rotatable bonds is 8. The van der Waals surface area contributed by atoms with Gasteiger partial charge in [0.15, 0.2) is 0 Å². The van der Waals surface area contributed by atoms with E-state index in [-0.39, 0.29) is 0 Å². The second-order valence-corrected chi connectivity index (χ2v) is 6.22. The highest BCUT2D eigenvalue weighted by Gasteiger charge is 2.16. The number of hydrogen-bond donors (Lipinski definition) is 0. The van der Waals surface area contributed by atoms with Crippen molar-refractivity contribution in [3.05, 3.63) is 0 Å². The van der Waals surface area contributed by atoms with Crippen LogP contribution in [0.3, 0.4) is 0 Å². The van der Waals surface area contributed by atoms with Crippen molar-refractivity contribution >= 4 is 11.8 Å². The van der Waals surface area contributed by atoms with Gasteiger partial charge in [-0.3, -0.25) is 0 Å². The largest absolute Gasteiger partial charge is 0.156 e. The number of hydrogen-bond acceptors (Lipinski definition) is 1. The Morgan fingerprint density at radius 3 is 2.08 bits per heavy atom. The Morgan fingerprint density at radius 1 is 0.923 bits per heavy atom. The zero-order chi connectivity index (χ0) is 10.2. The molecule has 0 nitrogen and oxygen atoms in total. The molecular weight excluding hydrogens is 176 g/mol. The van der Waals surface area contributed by atoms with E-state index in [0.29, 0.717) is 4.75 Å². The normalized spacial score (nSPS) is 12.0. The predicted octanol–water partition coefficient (Wildman–Crippen LogP) is 4.88. The lowest BCUT2D eigenvalue weighted by atomic mass is 10.0. The molecule has 80 valence electrons. The minimum absolute atomic E-state index is 0.518. The molecule has 13 heavy (non-hydrogen) atoms. The van der Waals surface area contributed by atoms with E-state index in [1.165, 1.54) is 44.3 Å². The molecule has 0 atom stereocenters. The van der Waals surface area contributed by atoms with Crippen molar-refractivity contribution in [2.45, 2.75) is 71.0 Å². The molecule has 0 heterocycles. The Hall–Kier alpha value is 0.350. The van der Waals surface area contributed by atoms with E-state index >= 15 is 0 Å². The van der Waals surface area contributed by atoms with Crippen molar-refractivity contribution in [2.75, 3.05) is 5.75 Å². The number of unbranched alkanes of at least 4 members (excludes halogenated alkanes) is 3. The summed E-state index contributed by atoms with van der Waals surface area (Å²) in [5, 5.41) is 0. The molecule has 0 saturated carbocycles. The van der Waals surface area contributed by atoms with E-state index < -0.39 is 0 Å². The number of thioether (sulfide) groups is 1. The van der Waals surface area contributed by atoms with Crippen LogP contribution in [0.15, 0.2) is 0 Å². The van der Waals surface area contributed by atoms with Crippen LogP contribution in [0.2, 0.25) is 0 Å². The van der Waals surface area contributed by atoms with Gasteiger partial charge in [-0.1, -0.05) is 53.4 Å². The van der Waals surface area contributed by atoms with Crippen LogP contribution in [0.4, 0.5) is 0 Å². The highest BCUT2D eigenvalue weighted by molar-refractivity contribution is 8.00. The van der Waals surface area contributed by atoms with Gasteiger partial charge in [-0.25, -0.2) is 0 Å². The summed E-state index contributed by atoms with van der Waals surface area (Å²) in [6.07, 6.45) is 8.24. The summed E-state index contributed by atoms with van der Waals surface area (Å²) in [7, 11) is 0. The molecule has 0 unspecified atom stereocenters. The first kappa shape index (κ1) is 13.4. The maximum absolute atomic E-state index is 2.39. The van der Waals surface area contributed by atoms with Crippen LogP contribution in [0.5, 0.6) is 0 Å². The Bertz CT molecular complexity index is 95.7. The average Bonchev–Trinajstić information content (AvgIpc) is 2.05. The minimum atomic E-state index is 0.518. The van der Waals surface area contributed by atoms with Crippen LogP contribution >= 0.6 is 11.8 Å². The van der Waals surface area contributed by atoms with Gasteiger partial charge >= 0.3 is 0 Å². The van der Waals surface area contributed by atoms with Crippen molar-refractivity contribution in [3.8, 4) is 0 Å². The first-order chi connectivity index (χ1) is 6.12. The van der Waals surface area contributed by atoms with Crippen LogP contribution in [-0.4, -0.2) is 10.5 Å². The summed E-state index contributed by atoms with van der Waals surface area (Å²) in [5.74, 6) is 1.34. The fourth-order valence-electron chi connectivity index (χ4n) is 1.37. The molecule has 0 spiro atoms.